The molecule has 2 aromatic rings. The van der Waals surface area contributed by atoms with Gasteiger partial charge in [-0.05, 0) is 36.8 Å². The molecule has 10 heteroatoms. The number of carbonyl (C=O) groups is 3. The van der Waals surface area contributed by atoms with Crippen molar-refractivity contribution >= 4 is 51.5 Å². The molecule has 0 bridgehead atoms. The molecule has 172 valence electrons. The number of nitrogens with two attached hydrogens (primary N) is 1. The lowest BCUT2D eigenvalue weighted by Crippen LogP contribution is -2.48. The van der Waals surface area contributed by atoms with Gasteiger partial charge in [-0.3, -0.25) is 14.9 Å². The van der Waals surface area contributed by atoms with Crippen LogP contribution in [-0.4, -0.2) is 49.1 Å². The number of urea groups is 1. The quantitative estimate of drug-likeness (QED) is 0.392. The van der Waals surface area contributed by atoms with E-state index in [0.29, 0.717) is 47.3 Å². The van der Waals surface area contributed by atoms with Crippen LogP contribution in [0.1, 0.15) is 40.6 Å². The maximum atomic E-state index is 12.5. The van der Waals surface area contributed by atoms with E-state index in [-0.39, 0.29) is 5.97 Å². The van der Waals surface area contributed by atoms with Gasteiger partial charge in [0.05, 0.1) is 43.6 Å². The standard InChI is InChI=1S/C22H27ClN4O4S/c1-3-31-18(28)5-4-11-27(2)12-10-16-17(13-27)32-21(19(16)20(24)29)26-22(30)25-15-8-6-14(23)7-9-15/h6-9H,3-5,10-13H2,1-2H3,(H3-,24,25,26,29,30)/p+1. The maximum Gasteiger partial charge on any atom is 0.324 e. The molecule has 4 N–H and O–H groups in total. The number of fused-ring (bicyclic) bond motifs is 1. The predicted octanol–water partition coefficient (Wildman–Crippen LogP) is 3.99. The third-order valence-corrected chi connectivity index (χ3v) is 6.86. The molecule has 3 amide bonds. The summed E-state index contributed by atoms with van der Waals surface area (Å²) < 4.78 is 5.75. The van der Waals surface area contributed by atoms with Crippen molar-refractivity contribution in [1.82, 2.24) is 0 Å². The molecule has 1 atom stereocenters. The minimum absolute atomic E-state index is 0.179. The molecule has 2 heterocycles. The molecule has 0 spiro atoms. The summed E-state index contributed by atoms with van der Waals surface area (Å²) in [6.07, 6.45) is 1.80. The summed E-state index contributed by atoms with van der Waals surface area (Å²) >= 11 is 7.25. The number of rotatable bonds is 8. The zero-order valence-electron chi connectivity index (χ0n) is 18.2. The van der Waals surface area contributed by atoms with E-state index in [1.54, 1.807) is 31.2 Å². The van der Waals surface area contributed by atoms with E-state index in [2.05, 4.69) is 17.7 Å². The summed E-state index contributed by atoms with van der Waals surface area (Å²) in [5.74, 6) is -0.732. The molecule has 1 aliphatic heterocycles. The van der Waals surface area contributed by atoms with Gasteiger partial charge in [0.2, 0.25) is 0 Å². The van der Waals surface area contributed by atoms with E-state index >= 15 is 0 Å². The number of anilines is 2. The number of quaternary nitrogens is 1. The first kappa shape index (κ1) is 24.0. The first-order valence-corrected chi connectivity index (χ1v) is 11.7. The molecule has 8 nitrogen and oxygen atoms in total. The second-order valence-corrected chi connectivity index (χ2v) is 9.58. The fraction of sp³-hybridized carbons (Fsp3) is 0.409. The van der Waals surface area contributed by atoms with Crippen LogP contribution in [-0.2, 0) is 22.5 Å². The van der Waals surface area contributed by atoms with Gasteiger partial charge in [-0.25, -0.2) is 4.79 Å². The van der Waals surface area contributed by atoms with Gasteiger partial charge in [-0.1, -0.05) is 11.6 Å². The van der Waals surface area contributed by atoms with Gasteiger partial charge in [0, 0.05) is 23.6 Å². The van der Waals surface area contributed by atoms with Crippen molar-refractivity contribution in [2.24, 2.45) is 5.73 Å². The highest BCUT2D eigenvalue weighted by molar-refractivity contribution is 7.17. The largest absolute Gasteiger partial charge is 0.466 e. The average Bonchev–Trinajstić information content (AvgIpc) is 3.06. The molecular formula is C22H28ClN4O4S+. The number of nitrogens with one attached hydrogen (secondary N) is 2. The van der Waals surface area contributed by atoms with Crippen molar-refractivity contribution in [3.63, 3.8) is 0 Å². The Hall–Kier alpha value is -2.62. The van der Waals surface area contributed by atoms with Crippen LogP contribution in [0.25, 0.3) is 0 Å². The molecule has 0 aliphatic carbocycles. The van der Waals surface area contributed by atoms with Crippen molar-refractivity contribution in [3.05, 3.63) is 45.3 Å². The highest BCUT2D eigenvalue weighted by atomic mass is 35.5. The summed E-state index contributed by atoms with van der Waals surface area (Å²) in [7, 11) is 2.14. The van der Waals surface area contributed by atoms with Crippen molar-refractivity contribution < 1.29 is 23.6 Å². The lowest BCUT2D eigenvalue weighted by molar-refractivity contribution is -0.924. The Morgan fingerprint density at radius 1 is 1.22 bits per heavy atom. The first-order valence-electron chi connectivity index (χ1n) is 10.5. The van der Waals surface area contributed by atoms with Crippen LogP contribution in [0, 0.1) is 0 Å². The Labute approximate surface area is 196 Å². The van der Waals surface area contributed by atoms with Crippen molar-refractivity contribution in [2.45, 2.75) is 32.7 Å². The summed E-state index contributed by atoms with van der Waals surface area (Å²) in [5, 5.41) is 6.53. The van der Waals surface area contributed by atoms with E-state index in [9.17, 15) is 14.4 Å². The average molecular weight is 480 g/mol. The second kappa shape index (κ2) is 10.3. The van der Waals surface area contributed by atoms with Gasteiger partial charge >= 0.3 is 12.0 Å². The summed E-state index contributed by atoms with van der Waals surface area (Å²) in [4.78, 5) is 37.3. The van der Waals surface area contributed by atoms with Crippen molar-refractivity contribution in [1.29, 1.82) is 0 Å². The molecule has 32 heavy (non-hydrogen) atoms. The van der Waals surface area contributed by atoms with Gasteiger partial charge in [0.15, 0.2) is 0 Å². The fourth-order valence-electron chi connectivity index (χ4n) is 3.89. The van der Waals surface area contributed by atoms with E-state index in [4.69, 9.17) is 22.1 Å². The number of esters is 1. The number of carbonyl (C=O) groups excluding carboxylic acids is 3. The van der Waals surface area contributed by atoms with Crippen molar-refractivity contribution in [3.8, 4) is 0 Å². The molecule has 1 aromatic heterocycles. The predicted molar refractivity (Wildman–Crippen MR) is 126 cm³/mol. The number of halogens is 1. The number of primary amides is 1. The van der Waals surface area contributed by atoms with E-state index < -0.39 is 11.9 Å². The zero-order chi connectivity index (χ0) is 23.3. The second-order valence-electron chi connectivity index (χ2n) is 8.04. The Morgan fingerprint density at radius 2 is 1.94 bits per heavy atom. The third-order valence-electron chi connectivity index (χ3n) is 5.48. The molecule has 1 aromatic carbocycles. The van der Waals surface area contributed by atoms with Gasteiger partial charge < -0.3 is 20.3 Å². The van der Waals surface area contributed by atoms with E-state index in [0.717, 1.165) is 34.4 Å². The van der Waals surface area contributed by atoms with Crippen LogP contribution >= 0.6 is 22.9 Å². The molecule has 0 saturated carbocycles. The van der Waals surface area contributed by atoms with Crippen LogP contribution in [0.5, 0.6) is 0 Å². The minimum atomic E-state index is -0.553. The molecule has 3 rings (SSSR count). The summed E-state index contributed by atoms with van der Waals surface area (Å²) in [6.45, 7) is 4.54. The number of ether oxygens (including phenoxy) is 1. The lowest BCUT2D eigenvalue weighted by Gasteiger charge is -2.37. The highest BCUT2D eigenvalue weighted by Crippen LogP contribution is 2.38. The van der Waals surface area contributed by atoms with Crippen LogP contribution in [0.4, 0.5) is 15.5 Å². The van der Waals surface area contributed by atoms with Crippen LogP contribution in [0.15, 0.2) is 24.3 Å². The van der Waals surface area contributed by atoms with Crippen LogP contribution in [0.2, 0.25) is 5.02 Å². The number of hydrogen-bond donors (Lipinski definition) is 3. The molecule has 0 fully saturated rings. The van der Waals surface area contributed by atoms with Gasteiger partial charge in [-0.15, -0.1) is 11.3 Å². The van der Waals surface area contributed by atoms with Crippen molar-refractivity contribution in [2.75, 3.05) is 37.4 Å². The van der Waals surface area contributed by atoms with Gasteiger partial charge in [0.1, 0.15) is 11.5 Å². The highest BCUT2D eigenvalue weighted by Gasteiger charge is 2.34. The Balaban J connectivity index is 1.70. The number of amides is 3. The Morgan fingerprint density at radius 3 is 2.59 bits per heavy atom. The topological polar surface area (TPSA) is 111 Å². The molecule has 0 radical (unpaired) electrons. The van der Waals surface area contributed by atoms with Crippen LogP contribution < -0.4 is 16.4 Å². The zero-order valence-corrected chi connectivity index (χ0v) is 19.8. The number of hydrogen-bond acceptors (Lipinski definition) is 5. The molecule has 0 saturated heterocycles. The SMILES string of the molecule is CCOC(=O)CCC[N+]1(C)CCc2c(sc(NC(=O)Nc3ccc(Cl)cc3)c2C(N)=O)C1. The number of likely N-dealkylation sites (N-methyl/N-ethyl adjacent to an activating group) is 1. The smallest absolute Gasteiger partial charge is 0.324 e. The maximum absolute atomic E-state index is 12.5. The van der Waals surface area contributed by atoms with E-state index in [1.807, 2.05) is 0 Å². The third kappa shape index (κ3) is 5.99. The van der Waals surface area contributed by atoms with Crippen LogP contribution in [0.3, 0.4) is 0 Å². The number of thiophene rings is 1. The fourth-order valence-corrected chi connectivity index (χ4v) is 5.43. The molecule has 1 aliphatic rings. The van der Waals surface area contributed by atoms with Gasteiger partial charge in [-0.2, -0.15) is 0 Å². The minimum Gasteiger partial charge on any atom is -0.466 e. The molecular weight excluding hydrogens is 452 g/mol. The molecule has 1 unspecified atom stereocenters. The number of benzene rings is 1. The monoisotopic (exact) mass is 479 g/mol. The Kier molecular flexibility index (Phi) is 7.76. The first-order chi connectivity index (χ1) is 15.2. The summed E-state index contributed by atoms with van der Waals surface area (Å²) in [5.41, 5.74) is 7.54. The summed E-state index contributed by atoms with van der Waals surface area (Å²) in [6, 6.07) is 6.28. The van der Waals surface area contributed by atoms with Gasteiger partial charge in [0.25, 0.3) is 5.91 Å². The lowest BCUT2D eigenvalue weighted by atomic mass is 10.0. The Bertz CT molecular complexity index is 1010. The normalized spacial score (nSPS) is 17.3. The number of nitrogens with zero attached hydrogens (tertiary/aromatic N) is 1. The van der Waals surface area contributed by atoms with E-state index in [1.165, 1.54) is 11.3 Å².